The van der Waals surface area contributed by atoms with Crippen LogP contribution in [-0.4, -0.2) is 104 Å². The van der Waals surface area contributed by atoms with Crippen LogP contribution in [0.2, 0.25) is 0 Å². The number of carboxylic acids is 2. The number of hydrogen-bond acceptors (Lipinski definition) is 9. The number of fused-ring (bicyclic) bond motifs is 2. The second kappa shape index (κ2) is 13.4. The Morgan fingerprint density at radius 1 is 0.975 bits per heavy atom. The van der Waals surface area contributed by atoms with Gasteiger partial charge in [0, 0.05) is 38.8 Å². The third kappa shape index (κ3) is 7.49. The van der Waals surface area contributed by atoms with E-state index in [0.29, 0.717) is 57.4 Å². The maximum atomic E-state index is 13.1. The van der Waals surface area contributed by atoms with Gasteiger partial charge in [0.15, 0.2) is 11.5 Å². The van der Waals surface area contributed by atoms with Gasteiger partial charge in [-0.25, -0.2) is 18.0 Å². The van der Waals surface area contributed by atoms with Crippen molar-refractivity contribution in [3.05, 3.63) is 53.6 Å². The Kier molecular flexibility index (Phi) is 9.98. The Bertz CT molecular complexity index is 1280. The first-order valence-electron chi connectivity index (χ1n) is 13.1. The van der Waals surface area contributed by atoms with Gasteiger partial charge >= 0.3 is 11.9 Å². The van der Waals surface area contributed by atoms with Gasteiger partial charge < -0.3 is 29.5 Å². The molecule has 0 bridgehead atoms. The number of piperazine rings is 1. The molecule has 2 aromatic rings. The number of rotatable bonds is 7. The normalized spacial score (nSPS) is 20.0. The highest BCUT2D eigenvalue weighted by Crippen LogP contribution is 2.34. The molecule has 2 aromatic carbocycles. The molecular weight excluding hydrogens is 544 g/mol. The molecule has 1 fully saturated rings. The van der Waals surface area contributed by atoms with Gasteiger partial charge in [-0.2, -0.15) is 4.31 Å². The lowest BCUT2D eigenvalue weighted by Crippen LogP contribution is -2.50. The summed E-state index contributed by atoms with van der Waals surface area (Å²) in [6, 6.07) is 13.1. The van der Waals surface area contributed by atoms with E-state index in [4.69, 9.17) is 34.0 Å². The number of nitrogens with zero attached hydrogens (tertiary/aromatic N) is 2. The van der Waals surface area contributed by atoms with Crippen LogP contribution < -0.4 is 9.47 Å². The number of hydrogen-bond donors (Lipinski definition) is 3. The Labute approximate surface area is 232 Å². The zero-order chi connectivity index (χ0) is 28.7. The minimum atomic E-state index is -3.62. The number of aliphatic hydroxyl groups excluding tert-OH is 1. The number of aliphatic hydroxyl groups is 1. The summed E-state index contributed by atoms with van der Waals surface area (Å²) in [4.78, 5) is 20.5. The summed E-state index contributed by atoms with van der Waals surface area (Å²) in [7, 11) is -3.62. The topological polar surface area (TPSA) is 163 Å². The summed E-state index contributed by atoms with van der Waals surface area (Å²) < 4.78 is 44.9. The summed E-state index contributed by atoms with van der Waals surface area (Å²) in [5, 5.41) is 25.4. The van der Waals surface area contributed by atoms with Crippen LogP contribution in [0.15, 0.2) is 47.4 Å². The monoisotopic (exact) mass is 578 g/mol. The second-order valence-corrected chi connectivity index (χ2v) is 11.6. The van der Waals surface area contributed by atoms with Crippen molar-refractivity contribution in [1.82, 2.24) is 9.21 Å². The van der Waals surface area contributed by atoms with E-state index in [1.807, 2.05) is 6.07 Å². The number of aryl methyl sites for hydroxylation is 1. The van der Waals surface area contributed by atoms with E-state index in [9.17, 15) is 13.5 Å². The average molecular weight is 579 g/mol. The fraction of sp³-hybridized carbons (Fsp3) is 0.481. The molecule has 218 valence electrons. The van der Waals surface area contributed by atoms with Gasteiger partial charge in [0.25, 0.3) is 0 Å². The predicted octanol–water partition coefficient (Wildman–Crippen LogP) is 1.37. The van der Waals surface area contributed by atoms with Gasteiger partial charge in [0.05, 0.1) is 23.7 Å². The number of sulfonamides is 1. The van der Waals surface area contributed by atoms with Crippen LogP contribution in [0.3, 0.4) is 0 Å². The molecule has 1 saturated heterocycles. The molecule has 13 heteroatoms. The van der Waals surface area contributed by atoms with Gasteiger partial charge in [0.2, 0.25) is 10.0 Å². The minimum absolute atomic E-state index is 0.0348. The van der Waals surface area contributed by atoms with E-state index in [1.54, 1.807) is 18.2 Å². The molecule has 2 atom stereocenters. The zero-order valence-electron chi connectivity index (χ0n) is 22.0. The predicted molar refractivity (Wildman–Crippen MR) is 142 cm³/mol. The number of carbonyl (C=O) groups is 2. The quantitative estimate of drug-likeness (QED) is 0.407. The number of β-amino-alcohol motifs (C(OH)–C–C–N with tert-alkyl or cyclic N) is 1. The fourth-order valence-corrected chi connectivity index (χ4v) is 6.38. The van der Waals surface area contributed by atoms with Gasteiger partial charge in [-0.15, -0.1) is 0 Å². The number of benzene rings is 2. The minimum Gasteiger partial charge on any atom is -0.486 e. The highest BCUT2D eigenvalue weighted by atomic mass is 32.2. The standard InChI is InChI=1S/C25H32N2O6S.C2H2O4/c28-20(18-33-23-7-3-5-19-4-1-2-6-22(19)23)17-26-10-12-27(13-11-26)34(29,30)21-8-9-24-25(16-21)32-15-14-31-24;3-1(4)2(5)6/h1-2,4,6,8-9,16,20,23,28H,3,5,7,10-15,17-18H2;(H,3,4)(H,5,6). The fourth-order valence-electron chi connectivity index (χ4n) is 4.95. The van der Waals surface area contributed by atoms with Crippen molar-refractivity contribution >= 4 is 22.0 Å². The summed E-state index contributed by atoms with van der Waals surface area (Å²) in [6.07, 6.45) is 2.57. The van der Waals surface area contributed by atoms with E-state index in [0.717, 1.165) is 19.3 Å². The third-order valence-electron chi connectivity index (χ3n) is 6.94. The van der Waals surface area contributed by atoms with E-state index >= 15 is 0 Å². The molecule has 0 radical (unpaired) electrons. The Morgan fingerprint density at radius 2 is 1.65 bits per heavy atom. The van der Waals surface area contributed by atoms with Crippen molar-refractivity contribution in [2.45, 2.75) is 36.4 Å². The number of ether oxygens (including phenoxy) is 3. The average Bonchev–Trinajstić information content (AvgIpc) is 2.96. The summed E-state index contributed by atoms with van der Waals surface area (Å²) >= 11 is 0. The zero-order valence-corrected chi connectivity index (χ0v) is 22.8. The first kappa shape index (κ1) is 29.7. The second-order valence-electron chi connectivity index (χ2n) is 9.69. The first-order valence-corrected chi connectivity index (χ1v) is 14.5. The molecule has 0 saturated carbocycles. The first-order chi connectivity index (χ1) is 19.1. The van der Waals surface area contributed by atoms with Crippen LogP contribution in [0, 0.1) is 0 Å². The third-order valence-corrected chi connectivity index (χ3v) is 8.83. The summed E-state index contributed by atoms with van der Waals surface area (Å²) in [6.45, 7) is 3.49. The van der Waals surface area contributed by atoms with Crippen molar-refractivity contribution in [3.8, 4) is 11.5 Å². The van der Waals surface area contributed by atoms with Crippen molar-refractivity contribution < 1.29 is 47.5 Å². The number of aliphatic carboxylic acids is 2. The van der Waals surface area contributed by atoms with Crippen molar-refractivity contribution in [2.75, 3.05) is 52.5 Å². The van der Waals surface area contributed by atoms with Crippen LogP contribution >= 0.6 is 0 Å². The molecule has 5 rings (SSSR count). The van der Waals surface area contributed by atoms with Crippen LogP contribution in [0.5, 0.6) is 11.5 Å². The summed E-state index contributed by atoms with van der Waals surface area (Å²) in [5.41, 5.74) is 2.57. The van der Waals surface area contributed by atoms with Crippen molar-refractivity contribution in [1.29, 1.82) is 0 Å². The van der Waals surface area contributed by atoms with Crippen molar-refractivity contribution in [2.24, 2.45) is 0 Å². The van der Waals surface area contributed by atoms with Crippen LogP contribution in [0.4, 0.5) is 0 Å². The Balaban J connectivity index is 0.000000557. The smallest absolute Gasteiger partial charge is 0.414 e. The molecule has 2 unspecified atom stereocenters. The van der Waals surface area contributed by atoms with Gasteiger partial charge in [-0.05, 0) is 42.5 Å². The van der Waals surface area contributed by atoms with Gasteiger partial charge in [-0.1, -0.05) is 24.3 Å². The van der Waals surface area contributed by atoms with Crippen molar-refractivity contribution in [3.63, 3.8) is 0 Å². The van der Waals surface area contributed by atoms with Gasteiger partial charge in [-0.3, -0.25) is 4.90 Å². The van der Waals surface area contributed by atoms with Crippen LogP contribution in [-0.2, 0) is 30.8 Å². The van der Waals surface area contributed by atoms with Gasteiger partial charge in [0.1, 0.15) is 13.2 Å². The molecule has 40 heavy (non-hydrogen) atoms. The molecule has 12 nitrogen and oxygen atoms in total. The molecule has 3 aliphatic rings. The molecule has 0 aromatic heterocycles. The lowest BCUT2D eigenvalue weighted by molar-refractivity contribution is -0.159. The van der Waals surface area contributed by atoms with E-state index in [-0.39, 0.29) is 17.6 Å². The van der Waals surface area contributed by atoms with E-state index < -0.39 is 28.1 Å². The largest absolute Gasteiger partial charge is 0.486 e. The molecule has 2 heterocycles. The molecule has 3 N–H and O–H groups in total. The molecule has 2 aliphatic heterocycles. The molecule has 1 aliphatic carbocycles. The summed E-state index contributed by atoms with van der Waals surface area (Å²) in [5.74, 6) is -2.61. The molecule has 0 amide bonds. The lowest BCUT2D eigenvalue weighted by Gasteiger charge is -2.35. The highest BCUT2D eigenvalue weighted by molar-refractivity contribution is 7.89. The SMILES string of the molecule is O=C(O)C(=O)O.O=S(=O)(c1ccc2c(c1)OCCO2)N1CCN(CC(O)COC2CCCc3ccccc32)CC1. The van der Waals surface area contributed by atoms with E-state index in [2.05, 4.69) is 23.1 Å². The number of carboxylic acid groups (broad SMARTS) is 2. The maximum absolute atomic E-state index is 13.1. The maximum Gasteiger partial charge on any atom is 0.414 e. The lowest BCUT2D eigenvalue weighted by atomic mass is 9.89. The Hall–Kier alpha value is -3.23. The highest BCUT2D eigenvalue weighted by Gasteiger charge is 2.30. The molecular formula is C27H34N2O10S. The molecule has 0 spiro atoms. The Morgan fingerprint density at radius 3 is 2.35 bits per heavy atom. The van der Waals surface area contributed by atoms with Crippen LogP contribution in [0.1, 0.15) is 30.1 Å². The van der Waals surface area contributed by atoms with E-state index in [1.165, 1.54) is 15.4 Å². The van der Waals surface area contributed by atoms with Crippen LogP contribution in [0.25, 0.3) is 0 Å².